The minimum absolute atomic E-state index is 0.350. The van der Waals surface area contributed by atoms with Crippen LogP contribution in [0.15, 0.2) is 47.2 Å². The fourth-order valence-corrected chi connectivity index (χ4v) is 1.96. The molecule has 0 bridgehead atoms. The molecule has 20 heavy (non-hydrogen) atoms. The average molecular weight is 288 g/mol. The second kappa shape index (κ2) is 5.30. The first-order valence-electron chi connectivity index (χ1n) is 5.86. The molecule has 0 spiro atoms. The molecule has 0 amide bonds. The molecule has 6 heteroatoms. The molecule has 5 nitrogen and oxygen atoms in total. The summed E-state index contributed by atoms with van der Waals surface area (Å²) in [6, 6.07) is 8.89. The summed E-state index contributed by atoms with van der Waals surface area (Å²) in [5, 5.41) is 4.51. The molecule has 3 rings (SSSR count). The molecule has 2 heterocycles. The first-order valence-corrected chi connectivity index (χ1v) is 6.24. The van der Waals surface area contributed by atoms with Gasteiger partial charge in [-0.1, -0.05) is 16.8 Å². The van der Waals surface area contributed by atoms with Crippen LogP contribution in [0.3, 0.4) is 0 Å². The summed E-state index contributed by atoms with van der Waals surface area (Å²) in [6.07, 6.45) is 3.36. The van der Waals surface area contributed by atoms with E-state index in [2.05, 4.69) is 15.1 Å². The maximum Gasteiger partial charge on any atom is 0.262 e. The first-order chi connectivity index (χ1) is 9.78. The Morgan fingerprint density at radius 1 is 1.25 bits per heavy atom. The molecule has 0 radical (unpaired) electrons. The molecular formula is C14H10ClN3O2. The van der Waals surface area contributed by atoms with Crippen LogP contribution in [0.5, 0.6) is 5.75 Å². The van der Waals surface area contributed by atoms with Gasteiger partial charge < -0.3 is 9.26 Å². The van der Waals surface area contributed by atoms with Gasteiger partial charge in [0, 0.05) is 23.0 Å². The number of hydrogen-bond donors (Lipinski definition) is 0. The van der Waals surface area contributed by atoms with E-state index < -0.39 is 0 Å². The fraction of sp³-hybridized carbons (Fsp3) is 0.0714. The lowest BCUT2D eigenvalue weighted by Crippen LogP contribution is -1.88. The molecule has 0 aliphatic rings. The van der Waals surface area contributed by atoms with Crippen molar-refractivity contribution in [3.63, 3.8) is 0 Å². The third-order valence-corrected chi connectivity index (χ3v) is 2.97. The van der Waals surface area contributed by atoms with Gasteiger partial charge in [-0.15, -0.1) is 0 Å². The van der Waals surface area contributed by atoms with Gasteiger partial charge in [-0.05, 0) is 30.3 Å². The number of halogens is 1. The van der Waals surface area contributed by atoms with Crippen LogP contribution in [0.4, 0.5) is 0 Å². The number of aromatic nitrogens is 3. The van der Waals surface area contributed by atoms with Crippen molar-refractivity contribution in [1.29, 1.82) is 0 Å². The van der Waals surface area contributed by atoms with Crippen molar-refractivity contribution in [3.8, 4) is 28.6 Å². The van der Waals surface area contributed by atoms with E-state index in [1.54, 1.807) is 37.7 Å². The van der Waals surface area contributed by atoms with Gasteiger partial charge in [0.2, 0.25) is 5.82 Å². The quantitative estimate of drug-likeness (QED) is 0.738. The van der Waals surface area contributed by atoms with Crippen LogP contribution in [0.1, 0.15) is 0 Å². The zero-order valence-electron chi connectivity index (χ0n) is 10.6. The lowest BCUT2D eigenvalue weighted by molar-refractivity contribution is 0.405. The van der Waals surface area contributed by atoms with E-state index in [0.717, 1.165) is 5.56 Å². The summed E-state index contributed by atoms with van der Waals surface area (Å²) in [5.41, 5.74) is 1.44. The van der Waals surface area contributed by atoms with Crippen LogP contribution >= 0.6 is 11.6 Å². The summed E-state index contributed by atoms with van der Waals surface area (Å²) in [7, 11) is 1.57. The highest BCUT2D eigenvalue weighted by molar-refractivity contribution is 6.30. The molecule has 0 saturated carbocycles. The minimum Gasteiger partial charge on any atom is -0.496 e. The van der Waals surface area contributed by atoms with Crippen molar-refractivity contribution in [2.75, 3.05) is 7.11 Å². The third kappa shape index (κ3) is 2.35. The van der Waals surface area contributed by atoms with E-state index in [1.807, 2.05) is 12.1 Å². The van der Waals surface area contributed by atoms with Crippen molar-refractivity contribution in [2.24, 2.45) is 0 Å². The summed E-state index contributed by atoms with van der Waals surface area (Å²) in [5.74, 6) is 1.44. The highest BCUT2D eigenvalue weighted by Gasteiger charge is 2.15. The predicted molar refractivity (Wildman–Crippen MR) is 74.5 cm³/mol. The van der Waals surface area contributed by atoms with Crippen LogP contribution in [-0.2, 0) is 0 Å². The highest BCUT2D eigenvalue weighted by Crippen LogP contribution is 2.32. The van der Waals surface area contributed by atoms with E-state index in [1.165, 1.54) is 0 Å². The van der Waals surface area contributed by atoms with Gasteiger partial charge >= 0.3 is 0 Å². The average Bonchev–Trinajstić information content (AvgIpc) is 2.98. The normalized spacial score (nSPS) is 10.5. The van der Waals surface area contributed by atoms with Gasteiger partial charge in [-0.25, -0.2) is 0 Å². The first kappa shape index (κ1) is 12.6. The number of methoxy groups -OCH3 is 1. The fourth-order valence-electron chi connectivity index (χ4n) is 1.79. The topological polar surface area (TPSA) is 61.0 Å². The van der Waals surface area contributed by atoms with E-state index >= 15 is 0 Å². The molecule has 3 aromatic rings. The van der Waals surface area contributed by atoms with Crippen molar-refractivity contribution >= 4 is 11.6 Å². The molecule has 0 N–H and O–H groups in total. The van der Waals surface area contributed by atoms with Gasteiger partial charge in [0.25, 0.3) is 5.89 Å². The monoisotopic (exact) mass is 287 g/mol. The molecule has 0 aliphatic heterocycles. The Balaban J connectivity index is 2.04. The van der Waals surface area contributed by atoms with E-state index in [9.17, 15) is 0 Å². The lowest BCUT2D eigenvalue weighted by Gasteiger charge is -2.04. The van der Waals surface area contributed by atoms with Crippen LogP contribution in [-0.4, -0.2) is 22.2 Å². The molecule has 0 aliphatic carbocycles. The van der Waals surface area contributed by atoms with E-state index in [4.69, 9.17) is 20.9 Å². The van der Waals surface area contributed by atoms with Crippen molar-refractivity contribution in [2.45, 2.75) is 0 Å². The number of rotatable bonds is 3. The Hall–Kier alpha value is -2.40. The molecule has 0 fully saturated rings. The van der Waals surface area contributed by atoms with Crippen molar-refractivity contribution in [1.82, 2.24) is 15.1 Å². The zero-order chi connectivity index (χ0) is 13.9. The number of nitrogens with zero attached hydrogens (tertiary/aromatic N) is 3. The second-order valence-electron chi connectivity index (χ2n) is 4.01. The van der Waals surface area contributed by atoms with Gasteiger partial charge in [-0.3, -0.25) is 4.98 Å². The predicted octanol–water partition coefficient (Wildman–Crippen LogP) is 3.46. The Bertz CT molecular complexity index is 728. The maximum absolute atomic E-state index is 5.99. The highest BCUT2D eigenvalue weighted by atomic mass is 35.5. The summed E-state index contributed by atoms with van der Waals surface area (Å²) in [4.78, 5) is 8.37. The molecule has 100 valence electrons. The standard InChI is InChI=1S/C14H10ClN3O2/c1-19-12-5-4-10(15)7-11(12)14-17-13(18-20-14)9-3-2-6-16-8-9/h2-8H,1H3. The number of benzene rings is 1. The van der Waals surface area contributed by atoms with Crippen LogP contribution in [0, 0.1) is 0 Å². The van der Waals surface area contributed by atoms with Gasteiger partial charge in [-0.2, -0.15) is 4.98 Å². The van der Waals surface area contributed by atoms with Crippen LogP contribution < -0.4 is 4.74 Å². The van der Waals surface area contributed by atoms with Gasteiger partial charge in [0.15, 0.2) is 0 Å². The largest absolute Gasteiger partial charge is 0.496 e. The summed E-state index contributed by atoms with van der Waals surface area (Å²) >= 11 is 5.99. The minimum atomic E-state index is 0.350. The molecular weight excluding hydrogens is 278 g/mol. The molecule has 2 aromatic heterocycles. The van der Waals surface area contributed by atoms with Crippen molar-refractivity contribution < 1.29 is 9.26 Å². The second-order valence-corrected chi connectivity index (χ2v) is 4.45. The summed E-state index contributed by atoms with van der Waals surface area (Å²) < 4.78 is 10.5. The lowest BCUT2D eigenvalue weighted by atomic mass is 10.2. The van der Waals surface area contributed by atoms with Crippen LogP contribution in [0.2, 0.25) is 5.02 Å². The molecule has 0 saturated heterocycles. The third-order valence-electron chi connectivity index (χ3n) is 2.74. The maximum atomic E-state index is 5.99. The number of hydrogen-bond acceptors (Lipinski definition) is 5. The number of pyridine rings is 1. The molecule has 1 aromatic carbocycles. The van der Waals surface area contributed by atoms with Crippen molar-refractivity contribution in [3.05, 3.63) is 47.7 Å². The van der Waals surface area contributed by atoms with Gasteiger partial charge in [0.05, 0.1) is 12.7 Å². The zero-order valence-corrected chi connectivity index (χ0v) is 11.3. The van der Waals surface area contributed by atoms with Crippen LogP contribution in [0.25, 0.3) is 22.8 Å². The van der Waals surface area contributed by atoms with E-state index in [-0.39, 0.29) is 0 Å². The molecule has 0 unspecified atom stereocenters. The van der Waals surface area contributed by atoms with E-state index in [0.29, 0.717) is 28.1 Å². The Morgan fingerprint density at radius 3 is 2.90 bits per heavy atom. The SMILES string of the molecule is COc1ccc(Cl)cc1-c1nc(-c2cccnc2)no1. The number of ether oxygens (including phenoxy) is 1. The smallest absolute Gasteiger partial charge is 0.262 e. The Morgan fingerprint density at radius 2 is 2.15 bits per heavy atom. The summed E-state index contributed by atoms with van der Waals surface area (Å²) in [6.45, 7) is 0. The Labute approximate surface area is 120 Å². The molecule has 0 atom stereocenters. The van der Waals surface area contributed by atoms with Gasteiger partial charge in [0.1, 0.15) is 5.75 Å². The Kier molecular flexibility index (Phi) is 3.35.